The van der Waals surface area contributed by atoms with Crippen LogP contribution < -0.4 is 5.32 Å². The van der Waals surface area contributed by atoms with Gasteiger partial charge in [0.1, 0.15) is 5.82 Å². The SMILES string of the molecule is CCSc1nnc(NC(=O)CSCc2c(F)cccc2Cl)s1. The summed E-state index contributed by atoms with van der Waals surface area (Å²) < 4.78 is 14.4. The second-order valence-corrected chi connectivity index (χ2v) is 7.93. The van der Waals surface area contributed by atoms with Gasteiger partial charge in [0.25, 0.3) is 0 Å². The predicted octanol–water partition coefficient (Wildman–Crippen LogP) is 4.31. The first-order valence-corrected chi connectivity index (χ1v) is 9.70. The molecule has 0 radical (unpaired) electrons. The van der Waals surface area contributed by atoms with Crippen LogP contribution in [0.15, 0.2) is 22.5 Å². The Hall–Kier alpha value is -0.830. The summed E-state index contributed by atoms with van der Waals surface area (Å²) in [7, 11) is 0. The van der Waals surface area contributed by atoms with Crippen LogP contribution in [0.3, 0.4) is 0 Å². The third-order valence-electron chi connectivity index (χ3n) is 2.46. The molecule has 0 atom stereocenters. The molecule has 22 heavy (non-hydrogen) atoms. The van der Waals surface area contributed by atoms with Gasteiger partial charge in [0, 0.05) is 16.3 Å². The lowest BCUT2D eigenvalue weighted by atomic mass is 10.2. The second-order valence-electron chi connectivity index (χ2n) is 4.05. The quantitative estimate of drug-likeness (QED) is 0.575. The van der Waals surface area contributed by atoms with Gasteiger partial charge in [0.15, 0.2) is 4.34 Å². The van der Waals surface area contributed by atoms with Crippen LogP contribution >= 0.6 is 46.5 Å². The summed E-state index contributed by atoms with van der Waals surface area (Å²) in [6.45, 7) is 2.02. The normalized spacial score (nSPS) is 10.7. The molecule has 4 nitrogen and oxygen atoms in total. The average molecular weight is 378 g/mol. The van der Waals surface area contributed by atoms with Gasteiger partial charge < -0.3 is 0 Å². The zero-order valence-electron chi connectivity index (χ0n) is 11.6. The average Bonchev–Trinajstić information content (AvgIpc) is 2.90. The molecule has 0 aliphatic carbocycles. The molecule has 0 saturated carbocycles. The summed E-state index contributed by atoms with van der Waals surface area (Å²) in [6, 6.07) is 4.55. The van der Waals surface area contributed by atoms with Gasteiger partial charge in [0.05, 0.1) is 5.75 Å². The maximum atomic E-state index is 13.6. The topological polar surface area (TPSA) is 54.9 Å². The summed E-state index contributed by atoms with van der Waals surface area (Å²) >= 11 is 10.1. The van der Waals surface area contributed by atoms with Gasteiger partial charge in [-0.1, -0.05) is 47.7 Å². The Morgan fingerprint density at radius 1 is 1.45 bits per heavy atom. The smallest absolute Gasteiger partial charge is 0.236 e. The number of nitrogens with zero attached hydrogens (tertiary/aromatic N) is 2. The first kappa shape index (κ1) is 17.5. The largest absolute Gasteiger partial charge is 0.300 e. The van der Waals surface area contributed by atoms with Crippen molar-refractivity contribution in [3.63, 3.8) is 0 Å². The van der Waals surface area contributed by atoms with Crippen LogP contribution in [0.4, 0.5) is 9.52 Å². The first-order chi connectivity index (χ1) is 10.6. The van der Waals surface area contributed by atoms with Crippen molar-refractivity contribution in [1.29, 1.82) is 0 Å². The highest BCUT2D eigenvalue weighted by Crippen LogP contribution is 2.26. The molecule has 2 aromatic rings. The monoisotopic (exact) mass is 377 g/mol. The Balaban J connectivity index is 1.80. The van der Waals surface area contributed by atoms with Gasteiger partial charge in [-0.25, -0.2) is 4.39 Å². The van der Waals surface area contributed by atoms with Crippen LogP contribution in [0.25, 0.3) is 0 Å². The lowest BCUT2D eigenvalue weighted by Crippen LogP contribution is -2.14. The van der Waals surface area contributed by atoms with Gasteiger partial charge in [-0.2, -0.15) is 0 Å². The lowest BCUT2D eigenvalue weighted by molar-refractivity contribution is -0.113. The summed E-state index contributed by atoms with van der Waals surface area (Å²) in [5.41, 5.74) is 0.416. The number of carbonyl (C=O) groups is 1. The van der Waals surface area contributed by atoms with Gasteiger partial charge in [0.2, 0.25) is 11.0 Å². The number of thioether (sulfide) groups is 2. The van der Waals surface area contributed by atoms with E-state index in [1.165, 1.54) is 29.2 Å². The van der Waals surface area contributed by atoms with Crippen LogP contribution in [-0.4, -0.2) is 27.6 Å². The minimum atomic E-state index is -0.356. The highest BCUT2D eigenvalue weighted by atomic mass is 35.5. The number of hydrogen-bond acceptors (Lipinski definition) is 6. The van der Waals surface area contributed by atoms with E-state index in [0.717, 1.165) is 10.1 Å². The number of halogens is 2. The third kappa shape index (κ3) is 5.12. The van der Waals surface area contributed by atoms with Crippen molar-refractivity contribution in [2.45, 2.75) is 17.0 Å². The lowest BCUT2D eigenvalue weighted by Gasteiger charge is -2.05. The van der Waals surface area contributed by atoms with Crippen molar-refractivity contribution in [2.24, 2.45) is 0 Å². The molecule has 1 aromatic carbocycles. The number of hydrogen-bond donors (Lipinski definition) is 1. The first-order valence-electron chi connectivity index (χ1n) is 6.37. The van der Waals surface area contributed by atoms with Crippen molar-refractivity contribution in [1.82, 2.24) is 10.2 Å². The summed E-state index contributed by atoms with van der Waals surface area (Å²) in [4.78, 5) is 11.8. The van der Waals surface area contributed by atoms with Gasteiger partial charge in [-0.15, -0.1) is 22.0 Å². The Bertz CT molecular complexity index is 633. The summed E-state index contributed by atoms with van der Waals surface area (Å²) in [5.74, 6) is 0.890. The molecular formula is C13H13ClFN3OS3. The standard InChI is InChI=1S/C13H13ClFN3OS3/c1-2-21-13-18-17-12(22-13)16-11(19)7-20-6-8-9(14)4-3-5-10(8)15/h3-5H,2,6-7H2,1H3,(H,16,17,19). The predicted molar refractivity (Wildman–Crippen MR) is 92.5 cm³/mol. The molecule has 0 fully saturated rings. The number of nitrogens with one attached hydrogen (secondary N) is 1. The van der Waals surface area contributed by atoms with E-state index in [-0.39, 0.29) is 17.5 Å². The van der Waals surface area contributed by atoms with Gasteiger partial charge in [-0.05, 0) is 17.9 Å². The van der Waals surface area contributed by atoms with Crippen LogP contribution in [0.5, 0.6) is 0 Å². The van der Waals surface area contributed by atoms with E-state index in [0.29, 0.717) is 21.5 Å². The van der Waals surface area contributed by atoms with Crippen molar-refractivity contribution in [3.8, 4) is 0 Å². The summed E-state index contributed by atoms with van der Waals surface area (Å²) in [6.07, 6.45) is 0. The second kappa shape index (κ2) is 8.71. The number of amides is 1. The van der Waals surface area contributed by atoms with Crippen LogP contribution in [0.2, 0.25) is 5.02 Å². The molecule has 0 aliphatic rings. The van der Waals surface area contributed by atoms with E-state index in [4.69, 9.17) is 11.6 Å². The van der Waals surface area contributed by atoms with Crippen molar-refractivity contribution < 1.29 is 9.18 Å². The van der Waals surface area contributed by atoms with E-state index in [1.807, 2.05) is 6.92 Å². The maximum Gasteiger partial charge on any atom is 0.236 e. The molecule has 0 bridgehead atoms. The molecule has 1 N–H and O–H groups in total. The van der Waals surface area contributed by atoms with Crippen LogP contribution in [0.1, 0.15) is 12.5 Å². The van der Waals surface area contributed by atoms with Crippen LogP contribution in [-0.2, 0) is 10.5 Å². The van der Waals surface area contributed by atoms with Gasteiger partial charge >= 0.3 is 0 Å². The third-order valence-corrected chi connectivity index (χ3v) is 5.63. The highest BCUT2D eigenvalue weighted by Gasteiger charge is 2.11. The van der Waals surface area contributed by atoms with E-state index in [9.17, 15) is 9.18 Å². The van der Waals surface area contributed by atoms with E-state index in [2.05, 4.69) is 15.5 Å². The molecule has 0 unspecified atom stereocenters. The number of rotatable bonds is 7. The molecule has 118 valence electrons. The Morgan fingerprint density at radius 2 is 2.27 bits per heavy atom. The molecule has 2 rings (SSSR count). The van der Waals surface area contributed by atoms with Crippen molar-refractivity contribution in [2.75, 3.05) is 16.8 Å². The zero-order chi connectivity index (χ0) is 15.9. The molecule has 0 saturated heterocycles. The van der Waals surface area contributed by atoms with Gasteiger partial charge in [-0.3, -0.25) is 10.1 Å². The Kier molecular flexibility index (Phi) is 6.94. The number of anilines is 1. The molecule has 9 heteroatoms. The Morgan fingerprint density at radius 3 is 3.00 bits per heavy atom. The maximum absolute atomic E-state index is 13.6. The highest BCUT2D eigenvalue weighted by molar-refractivity contribution is 8.01. The summed E-state index contributed by atoms with van der Waals surface area (Å²) in [5, 5.41) is 11.4. The molecule has 1 heterocycles. The molecule has 0 aliphatic heterocycles. The number of carbonyl (C=O) groups excluding carboxylic acids is 1. The molecule has 1 amide bonds. The van der Waals surface area contributed by atoms with Crippen LogP contribution in [0, 0.1) is 5.82 Å². The van der Waals surface area contributed by atoms with E-state index < -0.39 is 0 Å². The fourth-order valence-corrected chi connectivity index (χ4v) is 4.34. The van der Waals surface area contributed by atoms with Crippen molar-refractivity contribution >= 4 is 57.5 Å². The van der Waals surface area contributed by atoms with Crippen molar-refractivity contribution in [3.05, 3.63) is 34.6 Å². The van der Waals surface area contributed by atoms with E-state index >= 15 is 0 Å². The zero-order valence-corrected chi connectivity index (χ0v) is 14.8. The minimum absolute atomic E-state index is 0.193. The number of aromatic nitrogens is 2. The minimum Gasteiger partial charge on any atom is -0.300 e. The molecule has 0 spiro atoms. The fraction of sp³-hybridized carbons (Fsp3) is 0.308. The van der Waals surface area contributed by atoms with E-state index in [1.54, 1.807) is 23.9 Å². The molecular weight excluding hydrogens is 365 g/mol. The Labute approximate surface area is 145 Å². The molecule has 1 aromatic heterocycles. The fourth-order valence-electron chi connectivity index (χ4n) is 1.51. The number of benzene rings is 1.